The Bertz CT molecular complexity index is 594. The molecule has 4 heteroatoms. The van der Waals surface area contributed by atoms with Crippen molar-refractivity contribution in [1.82, 2.24) is 9.78 Å². The summed E-state index contributed by atoms with van der Waals surface area (Å²) in [5.41, 5.74) is 1.28. The van der Waals surface area contributed by atoms with Crippen LogP contribution in [0.4, 0.5) is 0 Å². The molecule has 4 nitrogen and oxygen atoms in total. The van der Waals surface area contributed by atoms with E-state index in [1.165, 1.54) is 0 Å². The predicted octanol–water partition coefficient (Wildman–Crippen LogP) is 3.01. The number of hydrogen-bond donors (Lipinski definition) is 0. The topological polar surface area (TPSA) is 44.1 Å². The van der Waals surface area contributed by atoms with Gasteiger partial charge in [0.2, 0.25) is 0 Å². The molecule has 0 saturated heterocycles. The lowest BCUT2D eigenvalue weighted by atomic mass is 9.76. The monoisotopic (exact) mass is 270 g/mol. The summed E-state index contributed by atoms with van der Waals surface area (Å²) in [6.45, 7) is 0. The smallest absolute Gasteiger partial charge is 0.184 e. The van der Waals surface area contributed by atoms with Gasteiger partial charge in [0.25, 0.3) is 0 Å². The Morgan fingerprint density at radius 1 is 1.30 bits per heavy atom. The number of carbonyl (C=O) groups is 1. The van der Waals surface area contributed by atoms with Crippen LogP contribution in [0.5, 0.6) is 0 Å². The third kappa shape index (κ3) is 2.27. The minimum absolute atomic E-state index is 0.0907. The predicted molar refractivity (Wildman–Crippen MR) is 76.1 cm³/mol. The number of benzene rings is 1. The maximum Gasteiger partial charge on any atom is 0.184 e. The summed E-state index contributed by atoms with van der Waals surface area (Å²) in [5, 5.41) is 4.26. The number of hydrogen-bond acceptors (Lipinski definition) is 3. The summed E-state index contributed by atoms with van der Waals surface area (Å²) in [4.78, 5) is 12.5. The van der Waals surface area contributed by atoms with Crippen molar-refractivity contribution in [3.8, 4) is 5.69 Å². The fraction of sp³-hybridized carbons (Fsp3) is 0.375. The van der Waals surface area contributed by atoms with Crippen molar-refractivity contribution in [2.75, 3.05) is 7.11 Å². The summed E-state index contributed by atoms with van der Waals surface area (Å²) < 4.78 is 7.24. The zero-order valence-electron chi connectivity index (χ0n) is 11.6. The number of para-hydroxylation sites is 1. The van der Waals surface area contributed by atoms with Crippen molar-refractivity contribution in [3.05, 3.63) is 48.3 Å². The van der Waals surface area contributed by atoms with Gasteiger partial charge in [0, 0.05) is 13.5 Å². The molecule has 3 rings (SSSR count). The number of ether oxygens (including phenoxy) is 1. The number of aromatic nitrogens is 2. The van der Waals surface area contributed by atoms with Crippen molar-refractivity contribution in [2.45, 2.75) is 31.3 Å². The number of carbonyl (C=O) groups excluding carboxylic acids is 1. The Labute approximate surface area is 118 Å². The lowest BCUT2D eigenvalue weighted by Gasteiger charge is -2.39. The highest BCUT2D eigenvalue weighted by molar-refractivity contribution is 5.95. The standard InChI is InChI=1S/C16H18N2O2/c1-20-16(9-5-10-16)12-15(19)14-8-11-17-18(14)13-6-3-2-4-7-13/h2-4,6-8,11H,5,9-10,12H2,1H3. The summed E-state index contributed by atoms with van der Waals surface area (Å²) in [6.07, 6.45) is 5.17. The third-order valence-corrected chi connectivity index (χ3v) is 4.11. The molecule has 0 N–H and O–H groups in total. The van der Waals surface area contributed by atoms with E-state index >= 15 is 0 Å². The molecule has 104 valence electrons. The van der Waals surface area contributed by atoms with E-state index in [0.717, 1.165) is 24.9 Å². The Balaban J connectivity index is 1.85. The molecule has 0 amide bonds. The quantitative estimate of drug-likeness (QED) is 0.784. The highest BCUT2D eigenvalue weighted by Crippen LogP contribution is 2.38. The zero-order valence-corrected chi connectivity index (χ0v) is 11.6. The summed E-state index contributed by atoms with van der Waals surface area (Å²) in [7, 11) is 1.70. The largest absolute Gasteiger partial charge is 0.378 e. The molecular weight excluding hydrogens is 252 g/mol. The molecule has 1 saturated carbocycles. The van der Waals surface area contributed by atoms with Crippen LogP contribution >= 0.6 is 0 Å². The minimum Gasteiger partial charge on any atom is -0.378 e. The van der Waals surface area contributed by atoms with Crippen LogP contribution in [0.15, 0.2) is 42.6 Å². The average molecular weight is 270 g/mol. The summed E-state index contributed by atoms with van der Waals surface area (Å²) in [6, 6.07) is 11.5. The Kier molecular flexibility index (Phi) is 3.40. The lowest BCUT2D eigenvalue weighted by molar-refractivity contribution is -0.0705. The van der Waals surface area contributed by atoms with Gasteiger partial charge in [-0.05, 0) is 37.5 Å². The molecule has 1 aliphatic rings. The first-order chi connectivity index (χ1) is 9.74. The molecule has 0 atom stereocenters. The van der Waals surface area contributed by atoms with Crippen LogP contribution in [0.3, 0.4) is 0 Å². The van der Waals surface area contributed by atoms with E-state index in [2.05, 4.69) is 5.10 Å². The second-order valence-electron chi connectivity index (χ2n) is 5.30. The van der Waals surface area contributed by atoms with Crippen LogP contribution in [-0.4, -0.2) is 28.3 Å². The summed E-state index contributed by atoms with van der Waals surface area (Å²) >= 11 is 0. The molecule has 0 bridgehead atoms. The van der Waals surface area contributed by atoms with Crippen molar-refractivity contribution in [1.29, 1.82) is 0 Å². The Hall–Kier alpha value is -1.94. The van der Waals surface area contributed by atoms with Crippen LogP contribution < -0.4 is 0 Å². The van der Waals surface area contributed by atoms with Crippen molar-refractivity contribution in [3.63, 3.8) is 0 Å². The lowest BCUT2D eigenvalue weighted by Crippen LogP contribution is -2.41. The van der Waals surface area contributed by atoms with Gasteiger partial charge < -0.3 is 4.74 Å². The van der Waals surface area contributed by atoms with Gasteiger partial charge in [-0.25, -0.2) is 4.68 Å². The fourth-order valence-electron chi connectivity index (χ4n) is 2.70. The maximum atomic E-state index is 12.5. The third-order valence-electron chi connectivity index (χ3n) is 4.11. The fourth-order valence-corrected chi connectivity index (χ4v) is 2.70. The summed E-state index contributed by atoms with van der Waals surface area (Å²) in [5.74, 6) is 0.0907. The SMILES string of the molecule is COC1(CC(=O)c2ccnn2-c2ccccc2)CCC1. The van der Waals surface area contributed by atoms with Crippen molar-refractivity contribution < 1.29 is 9.53 Å². The van der Waals surface area contributed by atoms with Crippen molar-refractivity contribution in [2.24, 2.45) is 0 Å². The van der Waals surface area contributed by atoms with E-state index in [0.29, 0.717) is 12.1 Å². The van der Waals surface area contributed by atoms with Gasteiger partial charge in [0.15, 0.2) is 5.78 Å². The molecule has 20 heavy (non-hydrogen) atoms. The molecule has 1 aromatic heterocycles. The van der Waals surface area contributed by atoms with Crippen LogP contribution in [0.2, 0.25) is 0 Å². The van der Waals surface area contributed by atoms with E-state index < -0.39 is 0 Å². The molecule has 1 heterocycles. The van der Waals surface area contributed by atoms with Gasteiger partial charge in [0.05, 0.1) is 17.5 Å². The van der Waals surface area contributed by atoms with Crippen LogP contribution in [0, 0.1) is 0 Å². The molecular formula is C16H18N2O2. The highest BCUT2D eigenvalue weighted by Gasteiger charge is 2.39. The second kappa shape index (κ2) is 5.21. The Morgan fingerprint density at radius 3 is 2.65 bits per heavy atom. The van der Waals surface area contributed by atoms with Gasteiger partial charge in [-0.15, -0.1) is 0 Å². The number of Topliss-reactive ketones (excluding diaryl/α,β-unsaturated/α-hetero) is 1. The molecule has 1 aromatic carbocycles. The number of rotatable bonds is 5. The second-order valence-corrected chi connectivity index (χ2v) is 5.30. The molecule has 0 unspecified atom stereocenters. The van der Waals surface area contributed by atoms with Crippen LogP contribution in [0.25, 0.3) is 5.69 Å². The zero-order chi connectivity index (χ0) is 14.0. The molecule has 0 radical (unpaired) electrons. The molecule has 1 aliphatic carbocycles. The van der Waals surface area contributed by atoms with E-state index in [1.807, 2.05) is 30.3 Å². The first-order valence-corrected chi connectivity index (χ1v) is 6.92. The number of methoxy groups -OCH3 is 1. The molecule has 0 spiro atoms. The van der Waals surface area contributed by atoms with E-state index in [9.17, 15) is 4.79 Å². The molecule has 1 fully saturated rings. The van der Waals surface area contributed by atoms with Gasteiger partial charge in [0.1, 0.15) is 5.69 Å². The first kappa shape index (κ1) is 13.1. The van der Waals surface area contributed by atoms with E-state index in [1.54, 1.807) is 24.1 Å². The number of nitrogens with zero attached hydrogens (tertiary/aromatic N) is 2. The number of ketones is 1. The minimum atomic E-state index is -0.247. The van der Waals surface area contributed by atoms with Gasteiger partial charge in [-0.3, -0.25) is 4.79 Å². The van der Waals surface area contributed by atoms with Gasteiger partial charge in [-0.2, -0.15) is 5.10 Å². The highest BCUT2D eigenvalue weighted by atomic mass is 16.5. The average Bonchev–Trinajstić information content (AvgIpc) is 2.93. The van der Waals surface area contributed by atoms with E-state index in [-0.39, 0.29) is 11.4 Å². The van der Waals surface area contributed by atoms with Gasteiger partial charge in [-0.1, -0.05) is 18.2 Å². The normalized spacial score (nSPS) is 16.6. The van der Waals surface area contributed by atoms with Crippen molar-refractivity contribution >= 4 is 5.78 Å². The molecule has 2 aromatic rings. The Morgan fingerprint density at radius 2 is 2.05 bits per heavy atom. The van der Waals surface area contributed by atoms with Gasteiger partial charge >= 0.3 is 0 Å². The van der Waals surface area contributed by atoms with E-state index in [4.69, 9.17) is 4.74 Å². The van der Waals surface area contributed by atoms with Crippen LogP contribution in [-0.2, 0) is 4.74 Å². The molecule has 0 aliphatic heterocycles. The van der Waals surface area contributed by atoms with Crippen LogP contribution in [0.1, 0.15) is 36.2 Å². The maximum absolute atomic E-state index is 12.5. The first-order valence-electron chi connectivity index (χ1n) is 6.92.